The summed E-state index contributed by atoms with van der Waals surface area (Å²) in [6.45, 7) is 0. The lowest BCUT2D eigenvalue weighted by Crippen LogP contribution is -2.12. The number of nitro groups is 1. The highest BCUT2D eigenvalue weighted by atomic mass is 32.2. The monoisotopic (exact) mass is 311 g/mol. The summed E-state index contributed by atoms with van der Waals surface area (Å²) >= 11 is 1.66. The minimum absolute atomic E-state index is 0.0843. The average molecular weight is 311 g/mol. The Morgan fingerprint density at radius 3 is 2.36 bits per heavy atom. The van der Waals surface area contributed by atoms with E-state index in [1.54, 1.807) is 23.9 Å². The Labute approximate surface area is 131 Å². The Morgan fingerprint density at radius 1 is 1.05 bits per heavy atom. The molecule has 0 aromatic heterocycles. The van der Waals surface area contributed by atoms with E-state index in [2.05, 4.69) is 22.3 Å². The molecule has 0 bridgehead atoms. The second kappa shape index (κ2) is 6.53. The molecule has 0 fully saturated rings. The summed E-state index contributed by atoms with van der Waals surface area (Å²) in [7, 11) is 0. The SMILES string of the molecule is O=[N+]([O-])c1ccc(C2=NN=C(Cc3ccccc3)SC2)cc1. The van der Waals surface area contributed by atoms with Crippen molar-refractivity contribution in [3.05, 3.63) is 75.8 Å². The van der Waals surface area contributed by atoms with Gasteiger partial charge in [-0.3, -0.25) is 10.1 Å². The molecule has 1 aliphatic heterocycles. The summed E-state index contributed by atoms with van der Waals surface area (Å²) in [6.07, 6.45) is 0.780. The Balaban J connectivity index is 1.73. The van der Waals surface area contributed by atoms with Gasteiger partial charge in [0.25, 0.3) is 5.69 Å². The fraction of sp³-hybridized carbons (Fsp3) is 0.125. The smallest absolute Gasteiger partial charge is 0.258 e. The fourth-order valence-corrected chi connectivity index (χ4v) is 2.99. The van der Waals surface area contributed by atoms with Crippen molar-refractivity contribution in [3.8, 4) is 0 Å². The molecule has 3 rings (SSSR count). The van der Waals surface area contributed by atoms with Crippen LogP contribution in [0.5, 0.6) is 0 Å². The van der Waals surface area contributed by atoms with E-state index < -0.39 is 4.92 Å². The molecule has 2 aromatic carbocycles. The van der Waals surface area contributed by atoms with Crippen LogP contribution in [0, 0.1) is 10.1 Å². The molecule has 0 saturated heterocycles. The molecule has 0 radical (unpaired) electrons. The molecule has 0 N–H and O–H groups in total. The first-order valence-electron chi connectivity index (χ1n) is 6.77. The van der Waals surface area contributed by atoms with Crippen LogP contribution in [0.1, 0.15) is 11.1 Å². The van der Waals surface area contributed by atoms with Gasteiger partial charge in [0.1, 0.15) is 5.04 Å². The van der Waals surface area contributed by atoms with Crippen LogP contribution in [0.4, 0.5) is 5.69 Å². The number of benzene rings is 2. The lowest BCUT2D eigenvalue weighted by Gasteiger charge is -2.12. The quantitative estimate of drug-likeness (QED) is 0.639. The zero-order valence-electron chi connectivity index (χ0n) is 11.7. The van der Waals surface area contributed by atoms with E-state index in [0.29, 0.717) is 0 Å². The molecule has 0 aliphatic carbocycles. The standard InChI is InChI=1S/C16H13N3O2S/c20-19(21)14-8-6-13(7-9-14)15-11-22-16(18-17-15)10-12-4-2-1-3-5-12/h1-9H,10-11H2. The summed E-state index contributed by atoms with van der Waals surface area (Å²) in [4.78, 5) is 10.2. The van der Waals surface area contributed by atoms with E-state index in [1.165, 1.54) is 17.7 Å². The van der Waals surface area contributed by atoms with Gasteiger partial charge in [0.05, 0.1) is 10.6 Å². The normalized spacial score (nSPS) is 14.2. The molecule has 6 heteroatoms. The molecular weight excluding hydrogens is 298 g/mol. The molecule has 5 nitrogen and oxygen atoms in total. The van der Waals surface area contributed by atoms with Crippen LogP contribution in [0.3, 0.4) is 0 Å². The van der Waals surface area contributed by atoms with E-state index in [0.717, 1.165) is 28.5 Å². The number of thioether (sulfide) groups is 1. The fourth-order valence-electron chi connectivity index (χ4n) is 2.10. The average Bonchev–Trinajstić information content (AvgIpc) is 2.57. The van der Waals surface area contributed by atoms with Crippen LogP contribution >= 0.6 is 11.8 Å². The third-order valence-electron chi connectivity index (χ3n) is 3.27. The predicted molar refractivity (Wildman–Crippen MR) is 89.7 cm³/mol. The minimum atomic E-state index is -0.405. The van der Waals surface area contributed by atoms with E-state index in [4.69, 9.17) is 0 Å². The maximum Gasteiger partial charge on any atom is 0.269 e. The first-order chi connectivity index (χ1) is 10.7. The van der Waals surface area contributed by atoms with Gasteiger partial charge in [-0.1, -0.05) is 30.3 Å². The van der Waals surface area contributed by atoms with Crippen molar-refractivity contribution in [3.63, 3.8) is 0 Å². The molecule has 1 aliphatic rings. The molecular formula is C16H13N3O2S. The Kier molecular flexibility index (Phi) is 4.29. The van der Waals surface area contributed by atoms with Crippen LogP contribution in [-0.4, -0.2) is 21.4 Å². The largest absolute Gasteiger partial charge is 0.269 e. The van der Waals surface area contributed by atoms with Crippen molar-refractivity contribution >= 4 is 28.2 Å². The third-order valence-corrected chi connectivity index (χ3v) is 4.24. The second-order valence-corrected chi connectivity index (χ2v) is 5.84. The van der Waals surface area contributed by atoms with Crippen molar-refractivity contribution in [1.29, 1.82) is 0 Å². The van der Waals surface area contributed by atoms with Crippen LogP contribution in [0.25, 0.3) is 0 Å². The molecule has 0 atom stereocenters. The van der Waals surface area contributed by atoms with Crippen molar-refractivity contribution in [2.75, 3.05) is 5.75 Å². The van der Waals surface area contributed by atoms with Gasteiger partial charge >= 0.3 is 0 Å². The first-order valence-corrected chi connectivity index (χ1v) is 7.76. The molecule has 0 unspecified atom stereocenters. The molecule has 0 saturated carbocycles. The van der Waals surface area contributed by atoms with E-state index >= 15 is 0 Å². The van der Waals surface area contributed by atoms with E-state index in [9.17, 15) is 10.1 Å². The molecule has 110 valence electrons. The van der Waals surface area contributed by atoms with Gasteiger partial charge in [0.2, 0.25) is 0 Å². The molecule has 1 heterocycles. The number of hydrogen-bond donors (Lipinski definition) is 0. The number of non-ortho nitro benzene ring substituents is 1. The summed E-state index contributed by atoms with van der Waals surface area (Å²) in [5.74, 6) is 0.726. The lowest BCUT2D eigenvalue weighted by atomic mass is 10.1. The van der Waals surface area contributed by atoms with E-state index in [1.807, 2.05) is 18.2 Å². The first kappa shape index (κ1) is 14.5. The Bertz CT molecular complexity index is 740. The van der Waals surface area contributed by atoms with Crippen LogP contribution in [0.15, 0.2) is 64.8 Å². The van der Waals surface area contributed by atoms with Gasteiger partial charge < -0.3 is 0 Å². The zero-order chi connectivity index (χ0) is 15.4. The zero-order valence-corrected chi connectivity index (χ0v) is 12.5. The highest BCUT2D eigenvalue weighted by molar-refractivity contribution is 8.14. The molecule has 0 spiro atoms. The van der Waals surface area contributed by atoms with Crippen molar-refractivity contribution in [2.24, 2.45) is 10.2 Å². The van der Waals surface area contributed by atoms with Crippen molar-refractivity contribution in [1.82, 2.24) is 0 Å². The maximum atomic E-state index is 10.7. The highest BCUT2D eigenvalue weighted by Crippen LogP contribution is 2.20. The van der Waals surface area contributed by atoms with Crippen molar-refractivity contribution in [2.45, 2.75) is 6.42 Å². The molecule has 22 heavy (non-hydrogen) atoms. The van der Waals surface area contributed by atoms with Gasteiger partial charge in [-0.05, 0) is 23.3 Å². The van der Waals surface area contributed by atoms with Gasteiger partial charge in [0.15, 0.2) is 0 Å². The van der Waals surface area contributed by atoms with Gasteiger partial charge in [-0.15, -0.1) is 16.9 Å². The van der Waals surface area contributed by atoms with Crippen molar-refractivity contribution < 1.29 is 4.92 Å². The summed E-state index contributed by atoms with van der Waals surface area (Å²) in [6, 6.07) is 16.6. The second-order valence-electron chi connectivity index (χ2n) is 4.80. The van der Waals surface area contributed by atoms with Gasteiger partial charge in [0, 0.05) is 24.3 Å². The lowest BCUT2D eigenvalue weighted by molar-refractivity contribution is -0.384. The summed E-state index contributed by atoms with van der Waals surface area (Å²) in [5, 5.41) is 20.2. The Hall–Kier alpha value is -2.47. The van der Waals surface area contributed by atoms with E-state index in [-0.39, 0.29) is 5.69 Å². The number of rotatable bonds is 4. The highest BCUT2D eigenvalue weighted by Gasteiger charge is 2.14. The van der Waals surface area contributed by atoms with Crippen LogP contribution in [0.2, 0.25) is 0 Å². The minimum Gasteiger partial charge on any atom is -0.258 e. The Morgan fingerprint density at radius 2 is 1.77 bits per heavy atom. The number of hydrogen-bond acceptors (Lipinski definition) is 5. The predicted octanol–water partition coefficient (Wildman–Crippen LogP) is 3.69. The van der Waals surface area contributed by atoms with Crippen LogP contribution < -0.4 is 0 Å². The third kappa shape index (κ3) is 3.40. The maximum absolute atomic E-state index is 10.7. The topological polar surface area (TPSA) is 67.9 Å². The number of nitro benzene ring substituents is 1. The number of nitrogens with zero attached hydrogens (tertiary/aromatic N) is 3. The van der Waals surface area contributed by atoms with Gasteiger partial charge in [-0.25, -0.2) is 0 Å². The summed E-state index contributed by atoms with van der Waals surface area (Å²) < 4.78 is 0. The van der Waals surface area contributed by atoms with Gasteiger partial charge in [-0.2, -0.15) is 5.10 Å². The van der Waals surface area contributed by atoms with Crippen LogP contribution in [-0.2, 0) is 6.42 Å². The summed E-state index contributed by atoms with van der Waals surface area (Å²) in [5.41, 5.74) is 3.01. The molecule has 0 amide bonds. The molecule has 2 aromatic rings.